The van der Waals surface area contributed by atoms with E-state index in [4.69, 9.17) is 0 Å². The second kappa shape index (κ2) is 6.35. The highest BCUT2D eigenvalue weighted by Crippen LogP contribution is 2.25. The van der Waals surface area contributed by atoms with Crippen LogP contribution in [0.4, 0.5) is 5.69 Å². The van der Waals surface area contributed by atoms with Gasteiger partial charge in [0.1, 0.15) is 5.69 Å². The second-order valence-corrected chi connectivity index (χ2v) is 4.91. The zero-order chi connectivity index (χ0) is 16.3. The first kappa shape index (κ1) is 15.6. The maximum atomic E-state index is 12.0. The van der Waals surface area contributed by atoms with Crippen LogP contribution in [0.5, 0.6) is 5.75 Å². The summed E-state index contributed by atoms with van der Waals surface area (Å²) in [5.41, 5.74) is -0.321. The zero-order valence-electron chi connectivity index (χ0n) is 11.6. The number of nitrogens with zero attached hydrogens (tertiary/aromatic N) is 5. The Kier molecular flexibility index (Phi) is 4.51. The molecule has 0 atom stereocenters. The molecular formula is C12H11N5O4S. The van der Waals surface area contributed by atoms with Crippen molar-refractivity contribution in [3.63, 3.8) is 0 Å². The molecule has 0 saturated heterocycles. The van der Waals surface area contributed by atoms with Crippen molar-refractivity contribution in [2.45, 2.75) is 12.1 Å². The summed E-state index contributed by atoms with van der Waals surface area (Å²) < 4.78 is 1.06. The Bertz CT molecular complexity index is 818. The number of aryl methyl sites for hydroxylation is 1. The number of nitro benzene ring substituents is 1. The highest BCUT2D eigenvalue weighted by molar-refractivity contribution is 7.98. The van der Waals surface area contributed by atoms with Crippen molar-refractivity contribution >= 4 is 23.7 Å². The van der Waals surface area contributed by atoms with Crippen LogP contribution in [0.15, 0.2) is 33.3 Å². The maximum Gasteiger partial charge on any atom is 0.311 e. The summed E-state index contributed by atoms with van der Waals surface area (Å²) in [6, 6.07) is 3.79. The van der Waals surface area contributed by atoms with E-state index in [0.717, 1.165) is 10.7 Å². The third-order valence-electron chi connectivity index (χ3n) is 2.67. The summed E-state index contributed by atoms with van der Waals surface area (Å²) in [5.74, 6) is -0.439. The van der Waals surface area contributed by atoms with E-state index >= 15 is 0 Å². The third kappa shape index (κ3) is 3.11. The van der Waals surface area contributed by atoms with Crippen LogP contribution in [-0.4, -0.2) is 37.4 Å². The van der Waals surface area contributed by atoms with Gasteiger partial charge in [0.2, 0.25) is 5.16 Å². The Balaban J connectivity index is 2.46. The van der Waals surface area contributed by atoms with E-state index in [-0.39, 0.29) is 5.69 Å². The lowest BCUT2D eigenvalue weighted by Gasteiger charge is -2.03. The summed E-state index contributed by atoms with van der Waals surface area (Å²) in [6.45, 7) is 1.51. The van der Waals surface area contributed by atoms with E-state index in [1.54, 1.807) is 6.26 Å². The minimum atomic E-state index is -0.704. The van der Waals surface area contributed by atoms with Crippen molar-refractivity contribution in [3.05, 3.63) is 49.9 Å². The van der Waals surface area contributed by atoms with Gasteiger partial charge in [0.25, 0.3) is 5.56 Å². The van der Waals surface area contributed by atoms with Gasteiger partial charge in [-0.15, -0.1) is 10.2 Å². The van der Waals surface area contributed by atoms with Gasteiger partial charge in [-0.1, -0.05) is 11.8 Å². The van der Waals surface area contributed by atoms with E-state index in [9.17, 15) is 20.0 Å². The number of benzene rings is 1. The number of phenolic OH excluding ortho intramolecular Hbond substituents is 1. The highest BCUT2D eigenvalue weighted by atomic mass is 32.2. The fraction of sp³-hybridized carbons (Fsp3) is 0.167. The van der Waals surface area contributed by atoms with Crippen LogP contribution in [0.2, 0.25) is 0 Å². The fourth-order valence-electron chi connectivity index (χ4n) is 1.56. The van der Waals surface area contributed by atoms with Crippen molar-refractivity contribution in [3.8, 4) is 5.75 Å². The Morgan fingerprint density at radius 3 is 2.82 bits per heavy atom. The number of nitro groups is 1. The molecule has 0 spiro atoms. The SMILES string of the molecule is CSc1nnc(C)c(=O)n1/N=C\c1ccc(O)c([N+](=O)[O-])c1. The lowest BCUT2D eigenvalue weighted by Crippen LogP contribution is -2.23. The molecule has 2 rings (SSSR count). The smallest absolute Gasteiger partial charge is 0.311 e. The number of phenols is 1. The molecule has 0 fully saturated rings. The molecule has 0 aliphatic heterocycles. The Morgan fingerprint density at radius 1 is 1.45 bits per heavy atom. The van der Waals surface area contributed by atoms with Gasteiger partial charge in [-0.25, -0.2) is 0 Å². The molecule has 0 amide bonds. The number of aromatic hydroxyl groups is 1. The zero-order valence-corrected chi connectivity index (χ0v) is 12.4. The van der Waals surface area contributed by atoms with Crippen LogP contribution in [0.1, 0.15) is 11.3 Å². The molecule has 114 valence electrons. The lowest BCUT2D eigenvalue weighted by atomic mass is 10.2. The van der Waals surface area contributed by atoms with E-state index in [0.29, 0.717) is 10.7 Å². The molecule has 22 heavy (non-hydrogen) atoms. The summed E-state index contributed by atoms with van der Waals surface area (Å²) in [5, 5.41) is 32.0. The van der Waals surface area contributed by atoms with E-state index in [2.05, 4.69) is 15.3 Å². The van der Waals surface area contributed by atoms with E-state index in [1.165, 1.54) is 37.0 Å². The van der Waals surface area contributed by atoms with E-state index in [1.807, 2.05) is 0 Å². The third-order valence-corrected chi connectivity index (χ3v) is 3.29. The normalized spacial score (nSPS) is 11.0. The number of hydrogen-bond donors (Lipinski definition) is 1. The van der Waals surface area contributed by atoms with Crippen LogP contribution in [0.3, 0.4) is 0 Å². The van der Waals surface area contributed by atoms with Gasteiger partial charge < -0.3 is 5.11 Å². The van der Waals surface area contributed by atoms with Crippen LogP contribution < -0.4 is 5.56 Å². The average Bonchev–Trinajstić information content (AvgIpc) is 2.49. The van der Waals surface area contributed by atoms with Gasteiger partial charge in [-0.2, -0.15) is 9.78 Å². The standard InChI is InChI=1S/C12H11N5O4S/c1-7-11(19)16(12(22-2)15-14-7)13-6-8-3-4-10(18)9(5-8)17(20)21/h3-6,18H,1-2H3/b13-6-. The van der Waals surface area contributed by atoms with Crippen molar-refractivity contribution in [1.29, 1.82) is 0 Å². The Hall–Kier alpha value is -2.75. The minimum Gasteiger partial charge on any atom is -0.502 e. The summed E-state index contributed by atoms with van der Waals surface area (Å²) in [7, 11) is 0. The predicted molar refractivity (Wildman–Crippen MR) is 80.6 cm³/mol. The minimum absolute atomic E-state index is 0.187. The second-order valence-electron chi connectivity index (χ2n) is 4.14. The molecule has 1 aromatic carbocycles. The number of thioether (sulfide) groups is 1. The van der Waals surface area contributed by atoms with Gasteiger partial charge in [0.05, 0.1) is 11.1 Å². The molecule has 1 aromatic heterocycles. The molecule has 0 aliphatic carbocycles. The van der Waals surface area contributed by atoms with Gasteiger partial charge in [-0.05, 0) is 25.3 Å². The number of hydrogen-bond acceptors (Lipinski definition) is 8. The van der Waals surface area contributed by atoms with Gasteiger partial charge >= 0.3 is 5.69 Å². The monoisotopic (exact) mass is 321 g/mol. The topological polar surface area (TPSA) is 124 Å². The largest absolute Gasteiger partial charge is 0.502 e. The fourth-order valence-corrected chi connectivity index (χ4v) is 1.99. The van der Waals surface area contributed by atoms with Gasteiger partial charge in [0.15, 0.2) is 5.75 Å². The van der Waals surface area contributed by atoms with Gasteiger partial charge in [-0.3, -0.25) is 14.9 Å². The predicted octanol–water partition coefficient (Wildman–Crippen LogP) is 1.16. The van der Waals surface area contributed by atoms with Crippen molar-refractivity contribution in [1.82, 2.24) is 14.9 Å². The molecule has 10 heteroatoms. The number of aromatic nitrogens is 3. The first-order valence-corrected chi connectivity index (χ1v) is 7.18. The maximum absolute atomic E-state index is 12.0. The first-order valence-electron chi connectivity index (χ1n) is 5.96. The van der Waals surface area contributed by atoms with Crippen LogP contribution in [0, 0.1) is 17.0 Å². The van der Waals surface area contributed by atoms with Crippen molar-refractivity contribution in [2.75, 3.05) is 6.26 Å². The van der Waals surface area contributed by atoms with Crippen LogP contribution in [0.25, 0.3) is 0 Å². The van der Waals surface area contributed by atoms with Gasteiger partial charge in [0, 0.05) is 11.6 Å². The Labute approximate surface area is 128 Å². The molecule has 1 N–H and O–H groups in total. The van der Waals surface area contributed by atoms with Crippen LogP contribution >= 0.6 is 11.8 Å². The Morgan fingerprint density at radius 2 is 2.18 bits per heavy atom. The molecule has 1 heterocycles. The molecule has 0 bridgehead atoms. The molecule has 0 unspecified atom stereocenters. The summed E-state index contributed by atoms with van der Waals surface area (Å²) in [6.07, 6.45) is 2.99. The summed E-state index contributed by atoms with van der Waals surface area (Å²) in [4.78, 5) is 22.1. The first-order chi connectivity index (χ1) is 10.4. The van der Waals surface area contributed by atoms with E-state index < -0.39 is 21.9 Å². The van der Waals surface area contributed by atoms with Crippen LogP contribution in [-0.2, 0) is 0 Å². The highest BCUT2D eigenvalue weighted by Gasteiger charge is 2.13. The van der Waals surface area contributed by atoms with Crippen molar-refractivity contribution in [2.24, 2.45) is 5.10 Å². The molecule has 2 aromatic rings. The van der Waals surface area contributed by atoms with Crippen molar-refractivity contribution < 1.29 is 10.0 Å². The molecule has 0 saturated carbocycles. The average molecular weight is 321 g/mol. The quantitative estimate of drug-likeness (QED) is 0.388. The molecule has 0 aliphatic rings. The molecule has 0 radical (unpaired) electrons. The summed E-state index contributed by atoms with van der Waals surface area (Å²) >= 11 is 1.19. The molecular weight excluding hydrogens is 310 g/mol. The molecule has 9 nitrogen and oxygen atoms in total. The number of rotatable bonds is 4. The lowest BCUT2D eigenvalue weighted by molar-refractivity contribution is -0.385.